The van der Waals surface area contributed by atoms with Crippen molar-refractivity contribution in [3.05, 3.63) is 130 Å². The van der Waals surface area contributed by atoms with Crippen LogP contribution in [0.15, 0.2) is 102 Å². The molecule has 3 aliphatic rings. The van der Waals surface area contributed by atoms with E-state index in [9.17, 15) is 14.4 Å². The Hall–Kier alpha value is -5.04. The first kappa shape index (κ1) is 25.0. The fourth-order valence-electron chi connectivity index (χ4n) is 7.05. The van der Waals surface area contributed by atoms with Crippen molar-refractivity contribution in [3.8, 4) is 11.5 Å². The second kappa shape index (κ2) is 9.27. The number of hydrogen-bond acceptors (Lipinski definition) is 7. The highest BCUT2D eigenvalue weighted by Crippen LogP contribution is 2.66. The van der Waals surface area contributed by atoms with Crippen LogP contribution in [-0.2, 0) is 0 Å². The number of methoxy groups -OCH3 is 2. The number of Topliss-reactive ketones (excluding diaryl/α,β-unsaturated/α-hetero) is 3. The zero-order valence-corrected chi connectivity index (χ0v) is 22.5. The maximum atomic E-state index is 14.9. The standard InChI is InChI=1S/C34H26N2O5/c1-40-26-18-10-17-25(30(26)41-2)27-28(29(37)20-11-4-3-5-12-20)36-31(22-14-7-6-13-21(22)19-35-36)34(27)32(38)23-15-8-9-16-24(23)33(34)39/h3-19,27-28,31H,1-2H3/t27-,28+,31+/m0/s1. The van der Waals surface area contributed by atoms with Crippen LogP contribution in [0.4, 0.5) is 0 Å². The molecule has 1 saturated heterocycles. The highest BCUT2D eigenvalue weighted by molar-refractivity contribution is 6.31. The van der Waals surface area contributed by atoms with E-state index in [4.69, 9.17) is 14.6 Å². The van der Waals surface area contributed by atoms with Crippen LogP contribution in [0.1, 0.15) is 59.7 Å². The molecule has 4 aromatic carbocycles. The highest BCUT2D eigenvalue weighted by atomic mass is 16.5. The van der Waals surface area contributed by atoms with E-state index in [0.29, 0.717) is 33.8 Å². The molecule has 4 aromatic rings. The van der Waals surface area contributed by atoms with E-state index >= 15 is 0 Å². The molecule has 3 atom stereocenters. The van der Waals surface area contributed by atoms with Crippen LogP contribution >= 0.6 is 0 Å². The van der Waals surface area contributed by atoms with E-state index in [1.807, 2.05) is 36.4 Å². The normalized spacial score (nSPS) is 21.4. The molecule has 1 spiro atoms. The molecular formula is C34H26N2O5. The lowest BCUT2D eigenvalue weighted by Gasteiger charge is -2.36. The third kappa shape index (κ3) is 3.26. The molecule has 41 heavy (non-hydrogen) atoms. The van der Waals surface area contributed by atoms with Crippen LogP contribution in [0.25, 0.3) is 0 Å². The van der Waals surface area contributed by atoms with Gasteiger partial charge in [0.1, 0.15) is 11.5 Å². The number of carbonyl (C=O) groups excluding carboxylic acids is 3. The van der Waals surface area contributed by atoms with E-state index in [1.165, 1.54) is 14.2 Å². The number of carbonyl (C=O) groups is 3. The number of hydrogen-bond donors (Lipinski definition) is 0. The number of rotatable bonds is 5. The van der Waals surface area contributed by atoms with Gasteiger partial charge in [-0.3, -0.25) is 19.4 Å². The van der Waals surface area contributed by atoms with Gasteiger partial charge in [0.05, 0.1) is 26.5 Å². The minimum absolute atomic E-state index is 0.240. The average molecular weight is 543 g/mol. The van der Waals surface area contributed by atoms with E-state index in [0.717, 1.165) is 11.1 Å². The van der Waals surface area contributed by atoms with Crippen molar-refractivity contribution in [3.63, 3.8) is 0 Å². The van der Waals surface area contributed by atoms with Crippen molar-refractivity contribution in [1.29, 1.82) is 0 Å². The van der Waals surface area contributed by atoms with Crippen LogP contribution in [0.5, 0.6) is 11.5 Å². The van der Waals surface area contributed by atoms with E-state index < -0.39 is 23.4 Å². The predicted octanol–water partition coefficient (Wildman–Crippen LogP) is 5.51. The Morgan fingerprint density at radius 2 is 1.39 bits per heavy atom. The van der Waals surface area contributed by atoms with Gasteiger partial charge in [-0.1, -0.05) is 91.0 Å². The van der Waals surface area contributed by atoms with Gasteiger partial charge >= 0.3 is 0 Å². The van der Waals surface area contributed by atoms with Gasteiger partial charge in [0.15, 0.2) is 28.8 Å². The summed E-state index contributed by atoms with van der Waals surface area (Å²) in [6, 6.07) is 27.0. The second-order valence-electron chi connectivity index (χ2n) is 10.5. The van der Waals surface area contributed by atoms with Gasteiger partial charge in [-0.2, -0.15) is 5.10 Å². The van der Waals surface area contributed by atoms with Crippen LogP contribution in [0.2, 0.25) is 0 Å². The van der Waals surface area contributed by atoms with Gasteiger partial charge in [0.25, 0.3) is 0 Å². The summed E-state index contributed by atoms with van der Waals surface area (Å²) in [4.78, 5) is 44.3. The van der Waals surface area contributed by atoms with E-state index in [2.05, 4.69) is 0 Å². The lowest BCUT2D eigenvalue weighted by atomic mass is 9.62. The van der Waals surface area contributed by atoms with Gasteiger partial charge in [-0.05, 0) is 17.2 Å². The Balaban J connectivity index is 1.59. The lowest BCUT2D eigenvalue weighted by Crippen LogP contribution is -2.44. The molecule has 7 rings (SSSR count). The van der Waals surface area contributed by atoms with Crippen LogP contribution in [0.3, 0.4) is 0 Å². The summed E-state index contributed by atoms with van der Waals surface area (Å²) in [5.74, 6) is -1.01. The maximum absolute atomic E-state index is 14.9. The first-order chi connectivity index (χ1) is 20.0. The Morgan fingerprint density at radius 3 is 2.07 bits per heavy atom. The molecule has 2 heterocycles. The molecule has 7 heteroatoms. The topological polar surface area (TPSA) is 85.3 Å². The zero-order chi connectivity index (χ0) is 28.3. The Labute approximate surface area is 237 Å². The van der Waals surface area contributed by atoms with Crippen molar-refractivity contribution >= 4 is 23.6 Å². The summed E-state index contributed by atoms with van der Waals surface area (Å²) in [5, 5.41) is 6.48. The fraction of sp³-hybridized carbons (Fsp3) is 0.176. The number of hydrazone groups is 1. The number of fused-ring (bicyclic) bond motifs is 5. The summed E-state index contributed by atoms with van der Waals surface area (Å²) >= 11 is 0. The molecule has 7 nitrogen and oxygen atoms in total. The predicted molar refractivity (Wildman–Crippen MR) is 153 cm³/mol. The highest BCUT2D eigenvalue weighted by Gasteiger charge is 2.73. The van der Waals surface area contributed by atoms with Gasteiger partial charge in [0, 0.05) is 28.2 Å². The molecule has 0 saturated carbocycles. The van der Waals surface area contributed by atoms with Crippen LogP contribution in [-0.4, -0.2) is 48.8 Å². The largest absolute Gasteiger partial charge is 0.493 e. The zero-order valence-electron chi connectivity index (χ0n) is 22.5. The molecule has 1 fully saturated rings. The molecule has 2 aliphatic heterocycles. The fourth-order valence-corrected chi connectivity index (χ4v) is 7.05. The van der Waals surface area contributed by atoms with Crippen molar-refractivity contribution < 1.29 is 23.9 Å². The monoisotopic (exact) mass is 542 g/mol. The van der Waals surface area contributed by atoms with E-state index in [-0.39, 0.29) is 17.3 Å². The Kier molecular flexibility index (Phi) is 5.64. The molecule has 0 unspecified atom stereocenters. The summed E-state index contributed by atoms with van der Waals surface area (Å²) in [7, 11) is 3.05. The second-order valence-corrected chi connectivity index (χ2v) is 10.5. The number of ether oxygens (including phenoxy) is 2. The third-order valence-corrected chi connectivity index (χ3v) is 8.67. The molecular weight excluding hydrogens is 516 g/mol. The molecule has 0 aromatic heterocycles. The van der Waals surface area contributed by atoms with Gasteiger partial charge < -0.3 is 9.47 Å². The average Bonchev–Trinajstić information content (AvgIpc) is 3.46. The van der Waals surface area contributed by atoms with Crippen LogP contribution in [0, 0.1) is 5.41 Å². The van der Waals surface area contributed by atoms with E-state index in [1.54, 1.807) is 71.9 Å². The molecule has 0 amide bonds. The Morgan fingerprint density at radius 1 is 0.756 bits per heavy atom. The minimum Gasteiger partial charge on any atom is -0.493 e. The lowest BCUT2D eigenvalue weighted by molar-refractivity contribution is 0.0585. The van der Waals surface area contributed by atoms with Crippen molar-refractivity contribution in [2.45, 2.75) is 18.0 Å². The smallest absolute Gasteiger partial charge is 0.187 e. The van der Waals surface area contributed by atoms with Gasteiger partial charge in [0.2, 0.25) is 0 Å². The van der Waals surface area contributed by atoms with Gasteiger partial charge in [-0.15, -0.1) is 0 Å². The SMILES string of the molecule is COc1cccc([C@H]2[C@H](C(=O)c3ccccc3)N3N=Cc4ccccc4[C@@H]3C23C(=O)c2ccccc2C3=O)c1OC. The molecule has 0 radical (unpaired) electrons. The third-order valence-electron chi connectivity index (χ3n) is 8.67. The number of para-hydroxylation sites is 1. The number of nitrogens with zero attached hydrogens (tertiary/aromatic N) is 2. The molecule has 202 valence electrons. The maximum Gasteiger partial charge on any atom is 0.187 e. The van der Waals surface area contributed by atoms with Crippen LogP contribution < -0.4 is 9.47 Å². The molecule has 0 bridgehead atoms. The molecule has 0 N–H and O–H groups in total. The van der Waals surface area contributed by atoms with Crippen molar-refractivity contribution in [1.82, 2.24) is 5.01 Å². The number of ketones is 3. The first-order valence-corrected chi connectivity index (χ1v) is 13.4. The van der Waals surface area contributed by atoms with Crippen molar-refractivity contribution in [2.24, 2.45) is 10.5 Å². The first-order valence-electron chi connectivity index (χ1n) is 13.4. The Bertz CT molecular complexity index is 1730. The van der Waals surface area contributed by atoms with Crippen molar-refractivity contribution in [2.75, 3.05) is 14.2 Å². The summed E-state index contributed by atoms with van der Waals surface area (Å²) in [5.41, 5.74) is 1.59. The number of benzene rings is 4. The molecule has 1 aliphatic carbocycles. The summed E-state index contributed by atoms with van der Waals surface area (Å²) in [6.45, 7) is 0. The quantitative estimate of drug-likeness (QED) is 0.244. The summed E-state index contributed by atoms with van der Waals surface area (Å²) < 4.78 is 11.5. The van der Waals surface area contributed by atoms with Gasteiger partial charge in [-0.25, -0.2) is 0 Å². The minimum atomic E-state index is -1.69. The summed E-state index contributed by atoms with van der Waals surface area (Å²) in [6.07, 6.45) is 1.70.